The fourth-order valence-electron chi connectivity index (χ4n) is 5.13. The lowest BCUT2D eigenvalue weighted by Gasteiger charge is -2.57. The molecule has 2 saturated heterocycles. The van der Waals surface area contributed by atoms with Crippen LogP contribution in [0.5, 0.6) is 0 Å². The van der Waals surface area contributed by atoms with E-state index in [0.717, 1.165) is 64.7 Å². The molecule has 0 aromatic carbocycles. The second-order valence-corrected chi connectivity index (χ2v) is 11.2. The molecule has 0 amide bonds. The van der Waals surface area contributed by atoms with Crippen molar-refractivity contribution in [2.24, 2.45) is 11.3 Å². The Kier molecular flexibility index (Phi) is 7.38. The summed E-state index contributed by atoms with van der Waals surface area (Å²) in [6.45, 7) is 15.7. The summed E-state index contributed by atoms with van der Waals surface area (Å²) in [6.07, 6.45) is 5.00. The van der Waals surface area contributed by atoms with Gasteiger partial charge in [0.2, 0.25) is 0 Å². The molecule has 31 heavy (non-hydrogen) atoms. The van der Waals surface area contributed by atoms with Gasteiger partial charge in [-0.15, -0.1) is 0 Å². The maximum atomic E-state index is 13.7. The number of rotatable bonds is 7. The molecule has 0 aromatic rings. The Morgan fingerprint density at radius 3 is 2.03 bits per heavy atom. The molecule has 1 atom stereocenters. The highest BCUT2D eigenvalue weighted by Gasteiger charge is 2.59. The normalized spacial score (nSPS) is 29.1. The summed E-state index contributed by atoms with van der Waals surface area (Å²) in [5.74, 6) is -1.65. The molecule has 3 fully saturated rings. The number of nitrogens with zero attached hydrogens (tertiary/aromatic N) is 2. The maximum Gasteiger partial charge on any atom is 0.371 e. The fourth-order valence-corrected chi connectivity index (χ4v) is 5.13. The largest absolute Gasteiger partial charge is 0.466 e. The first-order valence-corrected chi connectivity index (χ1v) is 12.0. The molecule has 1 unspecified atom stereocenters. The van der Waals surface area contributed by atoms with Crippen LogP contribution in [-0.2, 0) is 23.8 Å². The van der Waals surface area contributed by atoms with Crippen LogP contribution >= 0.6 is 0 Å². The van der Waals surface area contributed by atoms with Crippen molar-refractivity contribution in [2.75, 3.05) is 32.8 Å². The molecule has 0 bridgehead atoms. The van der Waals surface area contributed by atoms with Gasteiger partial charge in [-0.05, 0) is 71.6 Å². The van der Waals surface area contributed by atoms with Crippen molar-refractivity contribution in [1.29, 1.82) is 0 Å². The van der Waals surface area contributed by atoms with Crippen LogP contribution in [0.25, 0.3) is 0 Å². The van der Waals surface area contributed by atoms with Crippen LogP contribution in [-0.4, -0.2) is 72.1 Å². The van der Waals surface area contributed by atoms with E-state index in [1.807, 2.05) is 27.7 Å². The number of carbonyl (C=O) groups excluding carboxylic acids is 2. The highest BCUT2D eigenvalue weighted by molar-refractivity contribution is 5.79. The third-order valence-electron chi connectivity index (χ3n) is 6.49. The summed E-state index contributed by atoms with van der Waals surface area (Å²) >= 11 is 0. The van der Waals surface area contributed by atoms with Gasteiger partial charge in [0.1, 0.15) is 5.60 Å². The van der Waals surface area contributed by atoms with Crippen LogP contribution in [0.2, 0.25) is 0 Å². The minimum absolute atomic E-state index is 0.0644. The average Bonchev–Trinajstić information content (AvgIpc) is 3.18. The third kappa shape index (κ3) is 5.60. The lowest BCUT2D eigenvalue weighted by Crippen LogP contribution is -2.75. The van der Waals surface area contributed by atoms with Crippen LogP contribution in [0.3, 0.4) is 0 Å². The minimum Gasteiger partial charge on any atom is -0.466 e. The first kappa shape index (κ1) is 24.5. The lowest BCUT2D eigenvalue weighted by molar-refractivity contribution is -0.301. The zero-order chi connectivity index (χ0) is 22.9. The van der Waals surface area contributed by atoms with Crippen molar-refractivity contribution in [3.63, 3.8) is 0 Å². The van der Waals surface area contributed by atoms with E-state index in [2.05, 4.69) is 23.6 Å². The first-order chi connectivity index (χ1) is 14.5. The summed E-state index contributed by atoms with van der Waals surface area (Å²) in [6, 6.07) is 0. The highest BCUT2D eigenvalue weighted by atomic mass is 16.6. The first-order valence-electron chi connectivity index (χ1n) is 12.0. The molecule has 0 aromatic heterocycles. The third-order valence-corrected chi connectivity index (χ3v) is 6.49. The molecular weight excluding hydrogens is 396 g/mol. The van der Waals surface area contributed by atoms with Crippen LogP contribution in [0.1, 0.15) is 80.1 Å². The molecule has 1 saturated carbocycles. The Morgan fingerprint density at radius 2 is 1.55 bits per heavy atom. The Morgan fingerprint density at radius 1 is 0.968 bits per heavy atom. The van der Waals surface area contributed by atoms with E-state index in [1.54, 1.807) is 0 Å². The van der Waals surface area contributed by atoms with Gasteiger partial charge in [-0.1, -0.05) is 13.8 Å². The van der Waals surface area contributed by atoms with E-state index in [9.17, 15) is 9.59 Å². The molecule has 2 heterocycles. The number of likely N-dealkylation sites (tertiary alicyclic amines) is 2. The topological polar surface area (TPSA) is 68.3 Å². The average molecular weight is 439 g/mol. The van der Waals surface area contributed by atoms with Crippen molar-refractivity contribution in [1.82, 2.24) is 9.80 Å². The standard InChI is InChI=1S/C24H42N2O5/c1-7-29-20(27)18-10-12-19(13-11-18)30-24(25-14-8-9-15-25,21(28)31-22(2,3)4)26-16-23(5,6)17-26/h18-19H,7-17H2,1-6H3. The molecule has 7 nitrogen and oxygen atoms in total. The van der Waals surface area contributed by atoms with E-state index in [-0.39, 0.29) is 29.4 Å². The van der Waals surface area contributed by atoms with Gasteiger partial charge >= 0.3 is 11.9 Å². The highest BCUT2D eigenvalue weighted by Crippen LogP contribution is 2.42. The van der Waals surface area contributed by atoms with Crippen LogP contribution in [0.4, 0.5) is 0 Å². The van der Waals surface area contributed by atoms with Crippen LogP contribution in [0.15, 0.2) is 0 Å². The van der Waals surface area contributed by atoms with E-state index in [0.29, 0.717) is 6.61 Å². The summed E-state index contributed by atoms with van der Waals surface area (Å²) in [7, 11) is 0. The summed E-state index contributed by atoms with van der Waals surface area (Å²) < 4.78 is 17.9. The lowest BCUT2D eigenvalue weighted by atomic mass is 9.83. The van der Waals surface area contributed by atoms with Gasteiger partial charge in [-0.3, -0.25) is 14.6 Å². The molecule has 0 N–H and O–H groups in total. The van der Waals surface area contributed by atoms with E-state index >= 15 is 0 Å². The fraction of sp³-hybridized carbons (Fsp3) is 0.917. The van der Waals surface area contributed by atoms with Crippen molar-refractivity contribution >= 4 is 11.9 Å². The predicted molar refractivity (Wildman–Crippen MR) is 118 cm³/mol. The van der Waals surface area contributed by atoms with Crippen LogP contribution < -0.4 is 0 Å². The Hall–Kier alpha value is -1.18. The predicted octanol–water partition coefficient (Wildman–Crippen LogP) is 3.56. The van der Waals surface area contributed by atoms with E-state index in [4.69, 9.17) is 14.2 Å². The van der Waals surface area contributed by atoms with Crippen LogP contribution in [0, 0.1) is 11.3 Å². The molecule has 0 radical (unpaired) electrons. The second kappa shape index (κ2) is 9.36. The summed E-state index contributed by atoms with van der Waals surface area (Å²) in [4.78, 5) is 30.2. The molecule has 3 rings (SSSR count). The number of hydrogen-bond donors (Lipinski definition) is 0. The molecule has 3 aliphatic rings. The van der Waals surface area contributed by atoms with Crippen molar-refractivity contribution in [2.45, 2.75) is 97.6 Å². The monoisotopic (exact) mass is 438 g/mol. The Bertz CT molecular complexity index is 637. The van der Waals surface area contributed by atoms with Gasteiger partial charge < -0.3 is 14.2 Å². The second-order valence-electron chi connectivity index (χ2n) is 11.2. The van der Waals surface area contributed by atoms with Gasteiger partial charge in [-0.25, -0.2) is 4.79 Å². The molecule has 7 heteroatoms. The Labute approximate surface area is 187 Å². The molecule has 0 spiro atoms. The number of ether oxygens (including phenoxy) is 3. The van der Waals surface area contributed by atoms with Crippen molar-refractivity contribution in [3.05, 3.63) is 0 Å². The molecule has 2 aliphatic heterocycles. The zero-order valence-electron chi connectivity index (χ0n) is 20.4. The van der Waals surface area contributed by atoms with Crippen molar-refractivity contribution < 1.29 is 23.8 Å². The van der Waals surface area contributed by atoms with Gasteiger partial charge in [-0.2, -0.15) is 0 Å². The number of carbonyl (C=O) groups is 2. The molecular formula is C24H42N2O5. The van der Waals surface area contributed by atoms with Gasteiger partial charge in [0, 0.05) is 26.2 Å². The number of hydrogen-bond acceptors (Lipinski definition) is 7. The van der Waals surface area contributed by atoms with E-state index in [1.165, 1.54) is 0 Å². The van der Waals surface area contributed by atoms with Gasteiger partial charge in [0.15, 0.2) is 0 Å². The summed E-state index contributed by atoms with van der Waals surface area (Å²) in [5, 5.41) is 0. The smallest absolute Gasteiger partial charge is 0.371 e. The van der Waals surface area contributed by atoms with Crippen molar-refractivity contribution in [3.8, 4) is 0 Å². The van der Waals surface area contributed by atoms with Gasteiger partial charge in [0.25, 0.3) is 5.85 Å². The maximum absolute atomic E-state index is 13.7. The molecule has 1 aliphatic carbocycles. The quantitative estimate of drug-likeness (QED) is 0.563. The molecule has 178 valence electrons. The van der Waals surface area contributed by atoms with Gasteiger partial charge in [0.05, 0.1) is 18.6 Å². The van der Waals surface area contributed by atoms with E-state index < -0.39 is 11.4 Å². The SMILES string of the molecule is CCOC(=O)C1CCC(OC(C(=O)OC(C)(C)C)(N2CCCC2)N2CC(C)(C)C2)CC1. The summed E-state index contributed by atoms with van der Waals surface area (Å²) in [5.41, 5.74) is -0.439. The minimum atomic E-state index is -1.18. The Balaban J connectivity index is 1.81. The zero-order valence-corrected chi connectivity index (χ0v) is 20.4. The number of esters is 2.